The third-order valence-electron chi connectivity index (χ3n) is 4.01. The molecule has 0 atom stereocenters. The molecule has 0 fully saturated rings. The highest BCUT2D eigenvalue weighted by Gasteiger charge is 2.27. The number of rotatable bonds is 6. The van der Waals surface area contributed by atoms with Gasteiger partial charge in [-0.1, -0.05) is 11.6 Å². The van der Waals surface area contributed by atoms with Crippen molar-refractivity contribution in [3.63, 3.8) is 0 Å². The quantitative estimate of drug-likeness (QED) is 0.490. The summed E-state index contributed by atoms with van der Waals surface area (Å²) in [5.41, 5.74) is 0.441. The van der Waals surface area contributed by atoms with Gasteiger partial charge in [-0.15, -0.1) is 0 Å². The van der Waals surface area contributed by atoms with Crippen LogP contribution in [0.15, 0.2) is 76.1 Å². The van der Waals surface area contributed by atoms with E-state index in [1.807, 2.05) is 0 Å². The van der Waals surface area contributed by atoms with E-state index in [9.17, 15) is 22.0 Å². The Morgan fingerprint density at radius 1 is 0.967 bits per heavy atom. The van der Waals surface area contributed by atoms with Crippen LogP contribution in [-0.2, 0) is 14.8 Å². The molecule has 30 heavy (non-hydrogen) atoms. The summed E-state index contributed by atoms with van der Waals surface area (Å²) in [5.74, 6) is -1.82. The number of halogens is 4. The molecule has 0 aliphatic heterocycles. The van der Waals surface area contributed by atoms with Crippen LogP contribution < -0.4 is 9.62 Å². The van der Waals surface area contributed by atoms with Crippen molar-refractivity contribution in [1.82, 2.24) is 0 Å². The number of anilines is 2. The first kappa shape index (κ1) is 22.2. The molecule has 1 N–H and O–H groups in total. The van der Waals surface area contributed by atoms with Crippen LogP contribution in [0.4, 0.5) is 20.2 Å². The van der Waals surface area contributed by atoms with Gasteiger partial charge in [-0.25, -0.2) is 17.2 Å². The summed E-state index contributed by atoms with van der Waals surface area (Å²) in [4.78, 5) is 12.4. The number of amides is 1. The molecule has 3 aromatic rings. The minimum absolute atomic E-state index is 0.0738. The SMILES string of the molecule is O=C(CN(c1ccc(F)cc1)S(=O)(=O)c1ccc(F)cc1)Nc1ccc(Br)c(Cl)c1. The summed E-state index contributed by atoms with van der Waals surface area (Å²) < 4.78 is 54.2. The van der Waals surface area contributed by atoms with Crippen LogP contribution in [0.5, 0.6) is 0 Å². The number of sulfonamides is 1. The highest BCUT2D eigenvalue weighted by molar-refractivity contribution is 9.10. The van der Waals surface area contributed by atoms with Gasteiger partial charge in [-0.3, -0.25) is 9.10 Å². The van der Waals surface area contributed by atoms with Crippen LogP contribution >= 0.6 is 27.5 Å². The van der Waals surface area contributed by atoms with Gasteiger partial charge in [-0.2, -0.15) is 0 Å². The molecule has 3 rings (SSSR count). The van der Waals surface area contributed by atoms with E-state index >= 15 is 0 Å². The first-order valence-electron chi connectivity index (χ1n) is 8.45. The third kappa shape index (κ3) is 5.16. The van der Waals surface area contributed by atoms with E-state index < -0.39 is 34.1 Å². The number of hydrogen-bond acceptors (Lipinski definition) is 3. The number of carbonyl (C=O) groups excluding carboxylic acids is 1. The number of nitrogens with one attached hydrogen (secondary N) is 1. The summed E-state index contributed by atoms with van der Waals surface area (Å²) in [6.07, 6.45) is 0. The fourth-order valence-electron chi connectivity index (χ4n) is 2.56. The Labute approximate surface area is 185 Å². The molecule has 0 heterocycles. The fourth-order valence-corrected chi connectivity index (χ4v) is 4.41. The first-order chi connectivity index (χ1) is 14.2. The fraction of sp³-hybridized carbons (Fsp3) is 0.0500. The predicted molar refractivity (Wildman–Crippen MR) is 115 cm³/mol. The van der Waals surface area contributed by atoms with Gasteiger partial charge in [0.1, 0.15) is 18.2 Å². The van der Waals surface area contributed by atoms with Gasteiger partial charge in [0.05, 0.1) is 15.6 Å². The second-order valence-corrected chi connectivity index (χ2v) is 9.24. The lowest BCUT2D eigenvalue weighted by molar-refractivity contribution is -0.114. The summed E-state index contributed by atoms with van der Waals surface area (Å²) in [5, 5.41) is 2.93. The molecule has 0 saturated heterocycles. The van der Waals surface area contributed by atoms with Crippen LogP contribution in [0, 0.1) is 11.6 Å². The van der Waals surface area contributed by atoms with E-state index in [0.29, 0.717) is 15.2 Å². The van der Waals surface area contributed by atoms with Crippen LogP contribution in [0.2, 0.25) is 5.02 Å². The van der Waals surface area contributed by atoms with Crippen molar-refractivity contribution in [2.45, 2.75) is 4.90 Å². The predicted octanol–water partition coefficient (Wildman–Crippen LogP) is 5.21. The smallest absolute Gasteiger partial charge is 0.264 e. The van der Waals surface area contributed by atoms with Crippen molar-refractivity contribution in [3.8, 4) is 0 Å². The molecule has 0 aliphatic rings. The molecular formula is C20H14BrClF2N2O3S. The highest BCUT2D eigenvalue weighted by atomic mass is 79.9. The zero-order valence-corrected chi connectivity index (χ0v) is 18.3. The topological polar surface area (TPSA) is 66.5 Å². The highest BCUT2D eigenvalue weighted by Crippen LogP contribution is 2.27. The number of nitrogens with zero attached hydrogens (tertiary/aromatic N) is 1. The van der Waals surface area contributed by atoms with Gasteiger partial charge >= 0.3 is 0 Å². The van der Waals surface area contributed by atoms with Gasteiger partial charge in [0.25, 0.3) is 10.0 Å². The number of benzene rings is 3. The van der Waals surface area contributed by atoms with E-state index in [-0.39, 0.29) is 10.6 Å². The Balaban J connectivity index is 1.93. The lowest BCUT2D eigenvalue weighted by atomic mass is 10.3. The maximum atomic E-state index is 13.3. The van der Waals surface area contributed by atoms with Crippen molar-refractivity contribution in [2.24, 2.45) is 0 Å². The number of carbonyl (C=O) groups is 1. The molecule has 0 bridgehead atoms. The number of hydrogen-bond donors (Lipinski definition) is 1. The van der Waals surface area contributed by atoms with Gasteiger partial charge in [0.2, 0.25) is 5.91 Å². The molecular weight excluding hydrogens is 502 g/mol. The maximum absolute atomic E-state index is 13.3. The Hall–Kier alpha value is -2.49. The van der Waals surface area contributed by atoms with Gasteiger partial charge in [0.15, 0.2) is 0 Å². The lowest BCUT2D eigenvalue weighted by Gasteiger charge is -2.24. The molecule has 0 aliphatic carbocycles. The van der Waals surface area contributed by atoms with Crippen LogP contribution in [0.25, 0.3) is 0 Å². The monoisotopic (exact) mass is 514 g/mol. The molecule has 0 unspecified atom stereocenters. The van der Waals surface area contributed by atoms with E-state index in [1.54, 1.807) is 12.1 Å². The summed E-state index contributed by atoms with van der Waals surface area (Å²) in [7, 11) is -4.24. The average Bonchev–Trinajstić information content (AvgIpc) is 2.70. The van der Waals surface area contributed by atoms with Gasteiger partial charge in [-0.05, 0) is 82.7 Å². The second kappa shape index (κ2) is 9.11. The van der Waals surface area contributed by atoms with Crippen molar-refractivity contribution in [2.75, 3.05) is 16.2 Å². The average molecular weight is 516 g/mol. The van der Waals surface area contributed by atoms with Gasteiger partial charge < -0.3 is 5.32 Å². The Morgan fingerprint density at radius 3 is 2.10 bits per heavy atom. The van der Waals surface area contributed by atoms with Crippen LogP contribution in [0.3, 0.4) is 0 Å². The van der Waals surface area contributed by atoms with Crippen LogP contribution in [0.1, 0.15) is 0 Å². The zero-order valence-electron chi connectivity index (χ0n) is 15.2. The first-order valence-corrected chi connectivity index (χ1v) is 11.1. The molecule has 0 saturated carbocycles. The maximum Gasteiger partial charge on any atom is 0.264 e. The summed E-state index contributed by atoms with van der Waals surface area (Å²) in [6.45, 7) is -0.598. The van der Waals surface area contributed by atoms with Gasteiger partial charge in [0, 0.05) is 10.2 Å². The summed E-state index contributed by atoms with van der Waals surface area (Å²) >= 11 is 9.25. The van der Waals surface area contributed by atoms with E-state index in [2.05, 4.69) is 21.2 Å². The van der Waals surface area contributed by atoms with Crippen LogP contribution in [-0.4, -0.2) is 20.9 Å². The minimum atomic E-state index is -4.24. The minimum Gasteiger partial charge on any atom is -0.324 e. The molecule has 0 radical (unpaired) electrons. The van der Waals surface area contributed by atoms with E-state index in [4.69, 9.17) is 11.6 Å². The Bertz CT molecular complexity index is 1170. The third-order valence-corrected chi connectivity index (χ3v) is 7.03. The molecule has 5 nitrogen and oxygen atoms in total. The van der Waals surface area contributed by atoms with Crippen molar-refractivity contribution in [1.29, 1.82) is 0 Å². The molecule has 3 aromatic carbocycles. The normalized spacial score (nSPS) is 11.2. The molecule has 156 valence electrons. The Morgan fingerprint density at radius 2 is 1.53 bits per heavy atom. The van der Waals surface area contributed by atoms with Crippen molar-refractivity contribution >= 4 is 54.8 Å². The molecule has 10 heteroatoms. The zero-order chi connectivity index (χ0) is 21.9. The second-order valence-electron chi connectivity index (χ2n) is 6.12. The van der Waals surface area contributed by atoms with Crippen molar-refractivity contribution < 1.29 is 22.0 Å². The molecule has 0 spiro atoms. The Kier molecular flexibility index (Phi) is 6.74. The summed E-state index contributed by atoms with van der Waals surface area (Å²) in [6, 6.07) is 13.5. The standard InChI is InChI=1S/C20H14BrClF2N2O3S/c21-18-10-5-15(11-19(18)22)25-20(27)12-26(16-6-1-13(23)2-7-16)30(28,29)17-8-3-14(24)4-9-17/h1-11H,12H2,(H,25,27). The largest absolute Gasteiger partial charge is 0.324 e. The molecule has 0 aromatic heterocycles. The van der Waals surface area contributed by atoms with Crippen molar-refractivity contribution in [3.05, 3.63) is 87.9 Å². The van der Waals surface area contributed by atoms with E-state index in [0.717, 1.165) is 40.7 Å². The molecule has 1 amide bonds. The lowest BCUT2D eigenvalue weighted by Crippen LogP contribution is -2.38. The van der Waals surface area contributed by atoms with E-state index in [1.165, 1.54) is 18.2 Å².